The third kappa shape index (κ3) is 6.34. The van der Waals surface area contributed by atoms with Crippen molar-refractivity contribution in [1.29, 1.82) is 0 Å². The Morgan fingerprint density at radius 1 is 1.19 bits per heavy atom. The Bertz CT molecular complexity index is 359. The van der Waals surface area contributed by atoms with Crippen LogP contribution in [0.5, 0.6) is 0 Å². The minimum absolute atomic E-state index is 0.197. The maximum absolute atomic E-state index is 12.1. The lowest BCUT2D eigenvalue weighted by Gasteiger charge is -2.22. The average molecular weight is 331 g/mol. The lowest BCUT2D eigenvalue weighted by atomic mass is 10.1. The van der Waals surface area contributed by atoms with Gasteiger partial charge in [0, 0.05) is 13.6 Å². The van der Waals surface area contributed by atoms with Crippen molar-refractivity contribution >= 4 is 40.2 Å². The largest absolute Gasteiger partial charge is 0.332 e. The Kier molecular flexibility index (Phi) is 8.92. The highest BCUT2D eigenvalue weighted by Crippen LogP contribution is 2.20. The van der Waals surface area contributed by atoms with Crippen molar-refractivity contribution in [2.75, 3.05) is 19.3 Å². The number of hydrogen-bond acceptors (Lipinski definition) is 4. The molecule has 4 nitrogen and oxygen atoms in total. The predicted octanol–water partition coefficient (Wildman–Crippen LogP) is 4.04. The zero-order chi connectivity index (χ0) is 15.7. The molecule has 1 aliphatic rings. The van der Waals surface area contributed by atoms with E-state index in [0.29, 0.717) is 10.9 Å². The molecule has 120 valence electrons. The molecule has 0 aromatic carbocycles. The topological polar surface area (TPSA) is 40.6 Å². The molecule has 21 heavy (non-hydrogen) atoms. The summed E-state index contributed by atoms with van der Waals surface area (Å²) in [6.45, 7) is 2.91. The highest BCUT2D eigenvalue weighted by Gasteiger charge is 2.33. The summed E-state index contributed by atoms with van der Waals surface area (Å²) in [6, 6.07) is -0.280. The Balaban J connectivity index is 2.13. The molecule has 1 heterocycles. The number of rotatable bonds is 9. The minimum atomic E-state index is -0.280. The Morgan fingerprint density at radius 2 is 1.76 bits per heavy atom. The summed E-state index contributed by atoms with van der Waals surface area (Å²) in [5.74, 6) is 0.0914. The second kappa shape index (κ2) is 10.2. The summed E-state index contributed by atoms with van der Waals surface area (Å²) in [7, 11) is 1.74. The highest BCUT2D eigenvalue weighted by atomic mass is 32.2. The van der Waals surface area contributed by atoms with Gasteiger partial charge in [0.25, 0.3) is 0 Å². The first kappa shape index (κ1) is 18.4. The normalized spacial score (nSPS) is 14.9. The molecule has 3 amide bonds. The lowest BCUT2D eigenvalue weighted by Crippen LogP contribution is -2.44. The molecule has 0 unspecified atom stereocenters. The van der Waals surface area contributed by atoms with E-state index in [1.54, 1.807) is 11.9 Å². The van der Waals surface area contributed by atoms with Gasteiger partial charge in [-0.1, -0.05) is 75.8 Å². The van der Waals surface area contributed by atoms with Gasteiger partial charge in [0.1, 0.15) is 0 Å². The van der Waals surface area contributed by atoms with Crippen LogP contribution < -0.4 is 0 Å². The van der Waals surface area contributed by atoms with Crippen LogP contribution in [0.3, 0.4) is 0 Å². The van der Waals surface area contributed by atoms with Crippen molar-refractivity contribution in [2.24, 2.45) is 0 Å². The first-order valence-electron chi connectivity index (χ1n) is 7.82. The van der Waals surface area contributed by atoms with Gasteiger partial charge < -0.3 is 4.90 Å². The van der Waals surface area contributed by atoms with Crippen LogP contribution in [0.15, 0.2) is 0 Å². The molecule has 0 bridgehead atoms. The fourth-order valence-electron chi connectivity index (χ4n) is 2.29. The molecule has 1 saturated heterocycles. The number of nitrogens with zero attached hydrogens (tertiary/aromatic N) is 2. The number of carbonyl (C=O) groups is 2. The fraction of sp³-hybridized carbons (Fsp3) is 0.800. The Morgan fingerprint density at radius 3 is 2.29 bits per heavy atom. The molecule has 0 radical (unpaired) electrons. The average Bonchev–Trinajstić information content (AvgIpc) is 2.80. The van der Waals surface area contributed by atoms with Gasteiger partial charge in [-0.15, -0.1) is 0 Å². The molecule has 0 saturated carbocycles. The number of imide groups is 1. The Labute approximate surface area is 137 Å². The number of carbonyl (C=O) groups excluding carboxylic acids is 2. The number of thioether (sulfide) groups is 1. The van der Waals surface area contributed by atoms with Gasteiger partial charge >= 0.3 is 6.03 Å². The van der Waals surface area contributed by atoms with Crippen LogP contribution in [0.25, 0.3) is 0 Å². The van der Waals surface area contributed by atoms with Crippen LogP contribution >= 0.6 is 24.0 Å². The van der Waals surface area contributed by atoms with Crippen LogP contribution in [-0.2, 0) is 4.79 Å². The number of amides is 3. The van der Waals surface area contributed by atoms with Crippen molar-refractivity contribution in [3.8, 4) is 0 Å². The molecule has 1 rings (SSSR count). The maximum atomic E-state index is 12.1. The van der Waals surface area contributed by atoms with E-state index in [2.05, 4.69) is 6.92 Å². The minimum Gasteiger partial charge on any atom is -0.327 e. The third-order valence-corrected chi connectivity index (χ3v) is 4.97. The van der Waals surface area contributed by atoms with E-state index in [4.69, 9.17) is 12.2 Å². The van der Waals surface area contributed by atoms with Gasteiger partial charge in [0.05, 0.1) is 5.75 Å². The van der Waals surface area contributed by atoms with Crippen molar-refractivity contribution in [2.45, 2.75) is 58.3 Å². The molecule has 0 spiro atoms. The Hall–Kier alpha value is -0.620. The van der Waals surface area contributed by atoms with E-state index in [1.807, 2.05) is 0 Å². The summed E-state index contributed by atoms with van der Waals surface area (Å²) in [5, 5.41) is 0. The standard InChI is InChI=1S/C15H26N2O2S2/c1-3-4-5-6-7-8-9-10-11-16(2)14(19)17-13(18)12-21-15(17)20/h3-12H2,1-2H3. The smallest absolute Gasteiger partial charge is 0.327 e. The van der Waals surface area contributed by atoms with Crippen molar-refractivity contribution in [3.05, 3.63) is 0 Å². The van der Waals surface area contributed by atoms with Gasteiger partial charge in [-0.2, -0.15) is 0 Å². The molecular weight excluding hydrogens is 304 g/mol. The molecule has 0 aliphatic carbocycles. The van der Waals surface area contributed by atoms with Crippen molar-refractivity contribution in [3.63, 3.8) is 0 Å². The van der Waals surface area contributed by atoms with Crippen LogP contribution in [0, 0.1) is 0 Å². The molecule has 6 heteroatoms. The summed E-state index contributed by atoms with van der Waals surface area (Å²) in [6.07, 6.45) is 9.89. The highest BCUT2D eigenvalue weighted by molar-refractivity contribution is 8.24. The van der Waals surface area contributed by atoms with Crippen LogP contribution in [0.2, 0.25) is 0 Å². The molecule has 1 fully saturated rings. The second-order valence-corrected chi connectivity index (χ2v) is 7.07. The lowest BCUT2D eigenvalue weighted by molar-refractivity contribution is -0.122. The van der Waals surface area contributed by atoms with Crippen LogP contribution in [0.4, 0.5) is 4.79 Å². The van der Waals surface area contributed by atoms with Gasteiger partial charge in [-0.05, 0) is 6.42 Å². The molecule has 0 N–H and O–H groups in total. The van der Waals surface area contributed by atoms with E-state index in [9.17, 15) is 9.59 Å². The van der Waals surface area contributed by atoms with Crippen LogP contribution in [-0.4, -0.2) is 45.4 Å². The van der Waals surface area contributed by atoms with Crippen molar-refractivity contribution < 1.29 is 9.59 Å². The molecule has 0 atom stereocenters. The zero-order valence-electron chi connectivity index (χ0n) is 13.1. The first-order chi connectivity index (χ1) is 10.1. The second-order valence-electron chi connectivity index (χ2n) is 5.46. The number of thiocarbonyl (C=S) groups is 1. The maximum Gasteiger partial charge on any atom is 0.332 e. The van der Waals surface area contributed by atoms with Crippen LogP contribution in [0.1, 0.15) is 58.3 Å². The quantitative estimate of drug-likeness (QED) is 0.472. The summed E-state index contributed by atoms with van der Waals surface area (Å²) >= 11 is 6.30. The van der Waals surface area contributed by atoms with Crippen molar-refractivity contribution in [1.82, 2.24) is 9.80 Å². The predicted molar refractivity (Wildman–Crippen MR) is 92.5 cm³/mol. The number of urea groups is 1. The van der Waals surface area contributed by atoms with E-state index >= 15 is 0 Å². The van der Waals surface area contributed by atoms with E-state index in [-0.39, 0.29) is 17.7 Å². The summed E-state index contributed by atoms with van der Waals surface area (Å²) < 4.78 is 0.382. The molecule has 0 aromatic heterocycles. The van der Waals surface area contributed by atoms with E-state index in [1.165, 1.54) is 50.3 Å². The fourth-order valence-corrected chi connectivity index (χ4v) is 3.33. The first-order valence-corrected chi connectivity index (χ1v) is 9.22. The van der Waals surface area contributed by atoms with E-state index < -0.39 is 0 Å². The number of unbranched alkanes of at least 4 members (excludes halogenated alkanes) is 7. The third-order valence-electron chi connectivity index (χ3n) is 3.62. The SMILES string of the molecule is CCCCCCCCCCN(C)C(=O)N1C(=O)CSC1=S. The molecule has 1 aliphatic heterocycles. The number of hydrogen-bond donors (Lipinski definition) is 0. The monoisotopic (exact) mass is 330 g/mol. The summed E-state index contributed by atoms with van der Waals surface area (Å²) in [5.41, 5.74) is 0. The van der Waals surface area contributed by atoms with Gasteiger partial charge in [0.15, 0.2) is 4.32 Å². The van der Waals surface area contributed by atoms with Gasteiger partial charge in [0.2, 0.25) is 5.91 Å². The van der Waals surface area contributed by atoms with Gasteiger partial charge in [-0.25, -0.2) is 9.69 Å². The van der Waals surface area contributed by atoms with E-state index in [0.717, 1.165) is 17.7 Å². The summed E-state index contributed by atoms with van der Waals surface area (Å²) in [4.78, 5) is 26.5. The van der Waals surface area contributed by atoms with Gasteiger partial charge in [-0.3, -0.25) is 4.79 Å². The molecular formula is C15H26N2O2S2. The molecule has 0 aromatic rings. The zero-order valence-corrected chi connectivity index (χ0v) is 14.7.